The van der Waals surface area contributed by atoms with Gasteiger partial charge in [-0.05, 0) is 57.8 Å². The largest absolute Gasteiger partial charge is 0.472 e. The molecule has 0 spiro atoms. The number of carbonyl (C=O) groups excluding carboxylic acids is 2. The lowest BCUT2D eigenvalue weighted by Crippen LogP contribution is -2.37. The first-order chi connectivity index (χ1) is 35.0. The predicted octanol–water partition coefficient (Wildman–Crippen LogP) is 18.7. The molecule has 72 heavy (non-hydrogen) atoms. The number of phosphoric acid groups is 1. The zero-order valence-corrected chi connectivity index (χ0v) is 48.6. The molecule has 1 N–H and O–H groups in total. The molecule has 0 saturated heterocycles. The van der Waals surface area contributed by atoms with Crippen LogP contribution in [0.15, 0.2) is 60.8 Å². The molecular weight excluding hydrogens is 918 g/mol. The molecule has 0 fully saturated rings. The molecule has 10 heteroatoms. The number of carbonyl (C=O) groups is 2. The van der Waals surface area contributed by atoms with Crippen molar-refractivity contribution in [1.82, 2.24) is 0 Å². The Bertz CT molecular complexity index is 1400. The number of likely N-dealkylation sites (N-methyl/N-ethyl adjacent to an activating group) is 1. The molecule has 9 nitrogen and oxygen atoms in total. The van der Waals surface area contributed by atoms with Crippen LogP contribution in [0.1, 0.15) is 271 Å². The van der Waals surface area contributed by atoms with Crippen LogP contribution >= 0.6 is 7.82 Å². The highest BCUT2D eigenvalue weighted by Gasteiger charge is 2.27. The van der Waals surface area contributed by atoms with Gasteiger partial charge < -0.3 is 18.9 Å². The topological polar surface area (TPSA) is 108 Å². The number of quaternary nitrogens is 1. The average Bonchev–Trinajstić information content (AvgIpc) is 3.34. The van der Waals surface area contributed by atoms with Gasteiger partial charge in [-0.25, -0.2) is 4.57 Å². The SMILES string of the molecule is CC/C=C\C/C=C\C/C=C\C/C=C\C/C=C\CCCCCCCCCCCCCCCCCCCCCCCCCCCC(=O)OC(COC(=O)CCCCCCCCC)COP(=O)(O)OCC[N+](C)(C)C. The maximum Gasteiger partial charge on any atom is 0.472 e. The lowest BCUT2D eigenvalue weighted by molar-refractivity contribution is -0.870. The Morgan fingerprint density at radius 3 is 1.18 bits per heavy atom. The Morgan fingerprint density at radius 2 is 0.792 bits per heavy atom. The molecule has 420 valence electrons. The molecule has 2 atom stereocenters. The van der Waals surface area contributed by atoms with Gasteiger partial charge in [0.25, 0.3) is 0 Å². The average molecular weight is 1030 g/mol. The summed E-state index contributed by atoms with van der Waals surface area (Å²) in [7, 11) is 1.49. The van der Waals surface area contributed by atoms with Crippen LogP contribution in [-0.4, -0.2) is 74.9 Å². The molecular formula is C62H115NO8P+. The van der Waals surface area contributed by atoms with Crippen molar-refractivity contribution < 1.29 is 42.1 Å². The van der Waals surface area contributed by atoms with E-state index in [1.165, 1.54) is 173 Å². The van der Waals surface area contributed by atoms with Gasteiger partial charge in [0.15, 0.2) is 6.10 Å². The summed E-state index contributed by atoms with van der Waals surface area (Å²) in [4.78, 5) is 35.3. The Labute approximate surface area is 445 Å². The summed E-state index contributed by atoms with van der Waals surface area (Å²) in [5.41, 5.74) is 0. The van der Waals surface area contributed by atoms with Crippen LogP contribution in [0.25, 0.3) is 0 Å². The highest BCUT2D eigenvalue weighted by atomic mass is 31.2. The number of esters is 2. The third-order valence-corrected chi connectivity index (χ3v) is 14.0. The van der Waals surface area contributed by atoms with Crippen LogP contribution in [0, 0.1) is 0 Å². The summed E-state index contributed by atoms with van der Waals surface area (Å²) in [5, 5.41) is 0. The minimum absolute atomic E-state index is 0.0338. The van der Waals surface area contributed by atoms with E-state index in [4.69, 9.17) is 18.5 Å². The molecule has 0 saturated carbocycles. The second kappa shape index (κ2) is 53.5. The van der Waals surface area contributed by atoms with Crippen molar-refractivity contribution in [1.29, 1.82) is 0 Å². The maximum absolute atomic E-state index is 12.7. The molecule has 0 aromatic rings. The molecule has 0 radical (unpaired) electrons. The van der Waals surface area contributed by atoms with Crippen LogP contribution in [0.2, 0.25) is 0 Å². The summed E-state index contributed by atoms with van der Waals surface area (Å²) in [6.07, 6.45) is 69.3. The van der Waals surface area contributed by atoms with Crippen molar-refractivity contribution in [2.75, 3.05) is 47.5 Å². The van der Waals surface area contributed by atoms with E-state index in [9.17, 15) is 19.0 Å². The fourth-order valence-corrected chi connectivity index (χ4v) is 9.20. The van der Waals surface area contributed by atoms with E-state index >= 15 is 0 Å². The Balaban J connectivity index is 3.76. The smallest absolute Gasteiger partial charge is 0.462 e. The number of ether oxygens (including phenoxy) is 2. The third kappa shape index (κ3) is 57.0. The van der Waals surface area contributed by atoms with Gasteiger partial charge in [0, 0.05) is 12.8 Å². The second-order valence-corrected chi connectivity index (χ2v) is 22.8. The summed E-state index contributed by atoms with van der Waals surface area (Å²) in [5.74, 6) is -0.794. The van der Waals surface area contributed by atoms with Crippen LogP contribution in [-0.2, 0) is 32.7 Å². The fraction of sp³-hybridized carbons (Fsp3) is 0.806. The first-order valence-corrected chi connectivity index (χ1v) is 31.5. The molecule has 0 aliphatic heterocycles. The van der Waals surface area contributed by atoms with Gasteiger partial charge in [0.1, 0.15) is 19.8 Å². The quantitative estimate of drug-likeness (QED) is 0.0211. The number of nitrogens with zero attached hydrogens (tertiary/aromatic N) is 1. The Morgan fingerprint density at radius 1 is 0.444 bits per heavy atom. The highest BCUT2D eigenvalue weighted by Crippen LogP contribution is 2.43. The zero-order chi connectivity index (χ0) is 52.7. The van der Waals surface area contributed by atoms with E-state index in [1.54, 1.807) is 0 Å². The number of unbranched alkanes of at least 4 members (excludes halogenated alkanes) is 31. The lowest BCUT2D eigenvalue weighted by atomic mass is 10.0. The summed E-state index contributed by atoms with van der Waals surface area (Å²) in [6, 6.07) is 0. The van der Waals surface area contributed by atoms with E-state index in [-0.39, 0.29) is 25.6 Å². The minimum Gasteiger partial charge on any atom is -0.462 e. The van der Waals surface area contributed by atoms with E-state index in [0.29, 0.717) is 23.9 Å². The molecule has 0 rings (SSSR count). The Kier molecular flexibility index (Phi) is 51.8. The number of allylic oxidation sites excluding steroid dienone is 10. The van der Waals surface area contributed by atoms with Crippen molar-refractivity contribution in [2.24, 2.45) is 0 Å². The highest BCUT2D eigenvalue weighted by molar-refractivity contribution is 7.47. The molecule has 0 heterocycles. The number of phosphoric ester groups is 1. The van der Waals surface area contributed by atoms with Gasteiger partial charge >= 0.3 is 19.8 Å². The van der Waals surface area contributed by atoms with Gasteiger partial charge in [-0.15, -0.1) is 0 Å². The monoisotopic (exact) mass is 1030 g/mol. The van der Waals surface area contributed by atoms with E-state index in [0.717, 1.165) is 64.2 Å². The van der Waals surface area contributed by atoms with Crippen molar-refractivity contribution in [3.05, 3.63) is 60.8 Å². The maximum atomic E-state index is 12.7. The van der Waals surface area contributed by atoms with Gasteiger partial charge in [0.2, 0.25) is 0 Å². The molecule has 0 aromatic carbocycles. The first kappa shape index (κ1) is 69.7. The molecule has 0 aliphatic carbocycles. The van der Waals surface area contributed by atoms with Crippen LogP contribution in [0.5, 0.6) is 0 Å². The van der Waals surface area contributed by atoms with Gasteiger partial charge in [-0.2, -0.15) is 0 Å². The van der Waals surface area contributed by atoms with Gasteiger partial charge in [0.05, 0.1) is 27.7 Å². The number of hydrogen-bond donors (Lipinski definition) is 1. The van der Waals surface area contributed by atoms with E-state index in [2.05, 4.69) is 74.6 Å². The van der Waals surface area contributed by atoms with Gasteiger partial charge in [-0.1, -0.05) is 261 Å². The summed E-state index contributed by atoms with van der Waals surface area (Å²) in [6.45, 7) is 4.29. The zero-order valence-electron chi connectivity index (χ0n) is 47.7. The molecule has 0 amide bonds. The lowest BCUT2D eigenvalue weighted by Gasteiger charge is -2.24. The summed E-state index contributed by atoms with van der Waals surface area (Å²) >= 11 is 0. The number of hydrogen-bond acceptors (Lipinski definition) is 7. The first-order valence-electron chi connectivity index (χ1n) is 30.0. The second-order valence-electron chi connectivity index (χ2n) is 21.4. The standard InChI is InChI=1S/C62H114NO8P/c1-6-8-10-12-14-15-16-17-18-19-20-21-22-23-24-25-26-27-28-29-30-31-32-33-34-35-36-37-38-39-40-41-42-43-44-45-46-47-49-51-53-55-62(65)71-60(59-70-72(66,67)69-57-56-63(3,4)5)58-68-61(64)54-52-50-48-13-11-9-7-2/h8,10,14-15,17-18,20-21,23-24,60H,6-7,9,11-13,16,19,22,25-59H2,1-5H3/p+1/b10-8-,15-14-,18-17-,21-20-,24-23-. The molecule has 0 bridgehead atoms. The third-order valence-electron chi connectivity index (χ3n) is 13.1. The van der Waals surface area contributed by atoms with E-state index in [1.807, 2.05) is 21.1 Å². The Hall–Kier alpha value is -2.29. The fourth-order valence-electron chi connectivity index (χ4n) is 8.46. The number of rotatable bonds is 55. The molecule has 0 aromatic heterocycles. The summed E-state index contributed by atoms with van der Waals surface area (Å²) < 4.78 is 34.3. The van der Waals surface area contributed by atoms with Crippen LogP contribution in [0.3, 0.4) is 0 Å². The minimum atomic E-state index is -4.37. The van der Waals surface area contributed by atoms with Gasteiger partial charge in [-0.3, -0.25) is 18.6 Å². The van der Waals surface area contributed by atoms with Crippen molar-refractivity contribution >= 4 is 19.8 Å². The van der Waals surface area contributed by atoms with Crippen molar-refractivity contribution in [3.63, 3.8) is 0 Å². The normalized spacial score (nSPS) is 13.7. The molecule has 2 unspecified atom stereocenters. The predicted molar refractivity (Wildman–Crippen MR) is 307 cm³/mol. The van der Waals surface area contributed by atoms with E-state index < -0.39 is 26.5 Å². The van der Waals surface area contributed by atoms with Crippen LogP contribution < -0.4 is 0 Å². The van der Waals surface area contributed by atoms with Crippen LogP contribution in [0.4, 0.5) is 0 Å². The molecule has 0 aliphatic rings. The van der Waals surface area contributed by atoms with Crippen molar-refractivity contribution in [2.45, 2.75) is 277 Å². The van der Waals surface area contributed by atoms with Crippen molar-refractivity contribution in [3.8, 4) is 0 Å².